The molecule has 0 aromatic heterocycles. The normalized spacial score (nSPS) is 16.8. The second-order valence-corrected chi connectivity index (χ2v) is 7.72. The van der Waals surface area contributed by atoms with Gasteiger partial charge in [0, 0.05) is 45.7 Å². The fraction of sp³-hybridized carbons (Fsp3) is 0.150. The highest BCUT2D eigenvalue weighted by molar-refractivity contribution is 7.86. The number of nitrogen functional groups attached to an aromatic ring is 1. The molecule has 3 aromatic carbocycles. The van der Waals surface area contributed by atoms with Crippen LogP contribution >= 0.6 is 0 Å². The lowest BCUT2D eigenvalue weighted by Crippen LogP contribution is -2.19. The van der Waals surface area contributed by atoms with E-state index in [0.29, 0.717) is 17.0 Å². The zero-order valence-electron chi connectivity index (χ0n) is 14.1. The van der Waals surface area contributed by atoms with Crippen LogP contribution in [0.1, 0.15) is 16.8 Å². The van der Waals surface area contributed by atoms with Gasteiger partial charge >= 0.3 is 0 Å². The van der Waals surface area contributed by atoms with E-state index in [9.17, 15) is 9.00 Å². The molecule has 0 radical (unpaired) electrons. The van der Waals surface area contributed by atoms with E-state index in [0.717, 1.165) is 35.1 Å². The number of hydrogen-bond donors (Lipinski definition) is 2. The van der Waals surface area contributed by atoms with Crippen LogP contribution < -0.4 is 15.4 Å². The summed E-state index contributed by atoms with van der Waals surface area (Å²) >= 11 is 0. The maximum atomic E-state index is 12.6. The molecular weight excluding hydrogens is 346 g/mol. The number of anilines is 3. The molecule has 132 valence electrons. The Labute approximate surface area is 154 Å². The van der Waals surface area contributed by atoms with Crippen molar-refractivity contribution in [3.63, 3.8) is 0 Å². The summed E-state index contributed by atoms with van der Waals surface area (Å²) in [4.78, 5) is 12.6. The van der Waals surface area contributed by atoms with Gasteiger partial charge in [0.15, 0.2) is 0 Å². The molecule has 6 heteroatoms. The van der Waals surface area contributed by atoms with Gasteiger partial charge in [-0.25, -0.2) is 4.21 Å². The zero-order valence-corrected chi connectivity index (χ0v) is 15.0. The minimum Gasteiger partial charge on any atom is -0.398 e. The number of fused-ring (bicyclic) bond motifs is 1. The molecule has 0 saturated carbocycles. The van der Waals surface area contributed by atoms with Crippen LogP contribution in [0, 0.1) is 0 Å². The average Bonchev–Trinajstić information content (AvgIpc) is 3.09. The summed E-state index contributed by atoms with van der Waals surface area (Å²) in [5.41, 5.74) is 8.86. The van der Waals surface area contributed by atoms with Crippen molar-refractivity contribution in [1.29, 1.82) is 0 Å². The van der Waals surface area contributed by atoms with Crippen LogP contribution in [0.25, 0.3) is 10.8 Å². The van der Waals surface area contributed by atoms with Crippen LogP contribution in [0.3, 0.4) is 0 Å². The summed E-state index contributed by atoms with van der Waals surface area (Å²) in [5, 5.41) is 4.78. The molecule has 5 nitrogen and oxygen atoms in total. The maximum Gasteiger partial charge on any atom is 0.255 e. The minimum absolute atomic E-state index is 0.186. The van der Waals surface area contributed by atoms with Gasteiger partial charge in [-0.1, -0.05) is 24.3 Å². The molecule has 26 heavy (non-hydrogen) atoms. The van der Waals surface area contributed by atoms with Gasteiger partial charge in [-0.15, -0.1) is 0 Å². The molecule has 4 rings (SSSR count). The highest BCUT2D eigenvalue weighted by Crippen LogP contribution is 2.28. The van der Waals surface area contributed by atoms with Gasteiger partial charge in [-0.3, -0.25) is 9.10 Å². The number of carbonyl (C=O) groups is 1. The predicted octanol–water partition coefficient (Wildman–Crippen LogP) is 3.55. The van der Waals surface area contributed by atoms with E-state index in [1.165, 1.54) is 0 Å². The monoisotopic (exact) mass is 365 g/mol. The third kappa shape index (κ3) is 3.04. The number of nitrogens with one attached hydrogen (secondary N) is 1. The van der Waals surface area contributed by atoms with Crippen molar-refractivity contribution in [1.82, 2.24) is 0 Å². The van der Waals surface area contributed by atoms with Gasteiger partial charge < -0.3 is 11.1 Å². The van der Waals surface area contributed by atoms with Crippen LogP contribution in [-0.4, -0.2) is 22.4 Å². The van der Waals surface area contributed by atoms with E-state index in [-0.39, 0.29) is 5.91 Å². The van der Waals surface area contributed by atoms with Crippen molar-refractivity contribution in [2.45, 2.75) is 6.42 Å². The quantitative estimate of drug-likeness (QED) is 0.697. The molecule has 1 atom stereocenters. The van der Waals surface area contributed by atoms with E-state index >= 15 is 0 Å². The smallest absolute Gasteiger partial charge is 0.255 e. The Morgan fingerprint density at radius 2 is 1.73 bits per heavy atom. The van der Waals surface area contributed by atoms with Crippen LogP contribution in [0.5, 0.6) is 0 Å². The van der Waals surface area contributed by atoms with E-state index in [1.807, 2.05) is 52.8 Å². The number of benzene rings is 3. The molecule has 0 spiro atoms. The Morgan fingerprint density at radius 1 is 1.00 bits per heavy atom. The Bertz CT molecular complexity index is 1000. The molecule has 1 amide bonds. The van der Waals surface area contributed by atoms with Crippen LogP contribution in [-0.2, 0) is 11.0 Å². The first-order valence-electron chi connectivity index (χ1n) is 8.48. The van der Waals surface area contributed by atoms with E-state index in [2.05, 4.69) is 5.32 Å². The van der Waals surface area contributed by atoms with E-state index in [1.54, 1.807) is 12.1 Å². The molecule has 3 aromatic rings. The lowest BCUT2D eigenvalue weighted by atomic mass is 10.1. The Hall–Kier alpha value is -2.86. The van der Waals surface area contributed by atoms with E-state index in [4.69, 9.17) is 5.73 Å². The van der Waals surface area contributed by atoms with Crippen LogP contribution in [0.4, 0.5) is 17.1 Å². The first-order valence-corrected chi connectivity index (χ1v) is 9.76. The molecule has 1 fully saturated rings. The molecule has 1 aliphatic heterocycles. The largest absolute Gasteiger partial charge is 0.398 e. The van der Waals surface area contributed by atoms with Crippen LogP contribution in [0.2, 0.25) is 0 Å². The average molecular weight is 365 g/mol. The molecule has 1 aliphatic rings. The molecule has 0 aliphatic carbocycles. The minimum atomic E-state index is -0.957. The van der Waals surface area contributed by atoms with Gasteiger partial charge in [-0.05, 0) is 42.8 Å². The van der Waals surface area contributed by atoms with Crippen molar-refractivity contribution >= 4 is 44.7 Å². The van der Waals surface area contributed by atoms with Crippen LogP contribution in [0.15, 0.2) is 60.7 Å². The lowest BCUT2D eigenvalue weighted by molar-refractivity contribution is 0.102. The van der Waals surface area contributed by atoms with E-state index < -0.39 is 11.0 Å². The van der Waals surface area contributed by atoms with Crippen molar-refractivity contribution < 1.29 is 9.00 Å². The van der Waals surface area contributed by atoms with Crippen molar-refractivity contribution in [3.05, 3.63) is 66.2 Å². The predicted molar refractivity (Wildman–Crippen MR) is 108 cm³/mol. The number of hydrogen-bond acceptors (Lipinski definition) is 3. The maximum absolute atomic E-state index is 12.6. The first-order chi connectivity index (χ1) is 12.6. The molecule has 1 saturated heterocycles. The summed E-state index contributed by atoms with van der Waals surface area (Å²) in [6.07, 6.45) is 0.930. The number of amides is 1. The zero-order chi connectivity index (χ0) is 18.1. The molecule has 3 N–H and O–H groups in total. The van der Waals surface area contributed by atoms with Gasteiger partial charge in [0.25, 0.3) is 5.91 Å². The molecule has 1 unspecified atom stereocenters. The molecular formula is C20H19N3O2S. The first kappa shape index (κ1) is 16.6. The Balaban J connectivity index is 1.57. The summed E-state index contributed by atoms with van der Waals surface area (Å²) in [5.74, 6) is 0.515. The van der Waals surface area contributed by atoms with Gasteiger partial charge in [0.1, 0.15) is 11.0 Å². The Morgan fingerprint density at radius 3 is 2.46 bits per heavy atom. The number of rotatable bonds is 3. The fourth-order valence-electron chi connectivity index (χ4n) is 3.21. The summed E-state index contributed by atoms with van der Waals surface area (Å²) < 4.78 is 13.8. The van der Waals surface area contributed by atoms with Gasteiger partial charge in [0.05, 0.1) is 0 Å². The van der Waals surface area contributed by atoms with Crippen molar-refractivity contribution in [2.24, 2.45) is 0 Å². The second-order valence-electron chi connectivity index (χ2n) is 6.23. The third-order valence-electron chi connectivity index (χ3n) is 4.55. The standard InChI is InChI=1S/C20H19N3O2S/c21-18-6-1-5-17-16(18)4-2-7-19(17)22-20(24)14-8-10-15(11-9-14)23-12-3-13-26(23)25/h1-2,4-11H,3,12-13,21H2,(H,22,24). The second kappa shape index (κ2) is 6.80. The number of nitrogens with two attached hydrogens (primary N) is 1. The highest BCUT2D eigenvalue weighted by Gasteiger charge is 2.20. The highest BCUT2D eigenvalue weighted by atomic mass is 32.2. The molecule has 1 heterocycles. The van der Waals surface area contributed by atoms with Crippen molar-refractivity contribution in [2.75, 3.05) is 27.7 Å². The number of carbonyl (C=O) groups excluding carboxylic acids is 1. The third-order valence-corrected chi connectivity index (χ3v) is 6.07. The van der Waals surface area contributed by atoms with Gasteiger partial charge in [-0.2, -0.15) is 0 Å². The summed E-state index contributed by atoms with van der Waals surface area (Å²) in [6.45, 7) is 0.787. The van der Waals surface area contributed by atoms with Crippen molar-refractivity contribution in [3.8, 4) is 0 Å². The topological polar surface area (TPSA) is 75.4 Å². The Kier molecular flexibility index (Phi) is 4.34. The SMILES string of the molecule is Nc1cccc2c(NC(=O)c3ccc(N4CCCS4=O)cc3)cccc12. The fourth-order valence-corrected chi connectivity index (χ4v) is 4.49. The summed E-state index contributed by atoms with van der Waals surface area (Å²) in [6, 6.07) is 18.5. The number of nitrogens with zero attached hydrogens (tertiary/aromatic N) is 1. The summed E-state index contributed by atoms with van der Waals surface area (Å²) in [7, 11) is -0.957. The lowest BCUT2D eigenvalue weighted by Gasteiger charge is -2.16. The molecule has 0 bridgehead atoms. The van der Waals surface area contributed by atoms with Gasteiger partial charge in [0.2, 0.25) is 0 Å².